The van der Waals surface area contributed by atoms with Crippen LogP contribution in [0.25, 0.3) is 0 Å². The Morgan fingerprint density at radius 1 is 1.41 bits per heavy atom. The van der Waals surface area contributed by atoms with E-state index in [-0.39, 0.29) is 0 Å². The fraction of sp³-hybridized carbons (Fsp3) is 0.333. The smallest absolute Gasteiger partial charge is 0.240 e. The molecule has 1 rings (SSSR count). The van der Waals surface area contributed by atoms with Crippen LogP contribution < -0.4 is 0 Å². The van der Waals surface area contributed by atoms with Crippen LogP contribution in [0.4, 0.5) is 22.0 Å². The van der Waals surface area contributed by atoms with E-state index in [1.54, 1.807) is 0 Å². The van der Waals surface area contributed by atoms with Gasteiger partial charge in [-0.15, -0.1) is 0 Å². The average molecular weight is 362 g/mol. The molecule has 0 aliphatic carbocycles. The van der Waals surface area contributed by atoms with Gasteiger partial charge in [-0.3, -0.25) is 0 Å². The van der Waals surface area contributed by atoms with Crippen LogP contribution in [0, 0.1) is 15.0 Å². The Kier molecular flexibility index (Phi) is 4.24. The van der Waals surface area contributed by atoms with E-state index in [2.05, 4.69) is 4.98 Å². The van der Waals surface area contributed by atoms with Gasteiger partial charge in [-0.05, 0) is 34.2 Å². The second kappa shape index (κ2) is 5.12. The Morgan fingerprint density at radius 3 is 2.41 bits per heavy atom. The molecule has 0 spiro atoms. The van der Waals surface area contributed by atoms with Crippen molar-refractivity contribution in [3.63, 3.8) is 0 Å². The van der Waals surface area contributed by atoms with Crippen LogP contribution in [-0.4, -0.2) is 4.98 Å². The molecule has 0 radical (unpaired) electrons. The molecular formula is C9H4F5IN2. The number of hydrogen-bond acceptors (Lipinski definition) is 2. The second-order valence-corrected chi connectivity index (χ2v) is 4.03. The summed E-state index contributed by atoms with van der Waals surface area (Å²) in [6.45, 7) is 0. The lowest BCUT2D eigenvalue weighted by atomic mass is 10.1. The van der Waals surface area contributed by atoms with Gasteiger partial charge in [0.1, 0.15) is 9.39 Å². The van der Waals surface area contributed by atoms with Crippen LogP contribution in [0.1, 0.15) is 23.2 Å². The van der Waals surface area contributed by atoms with Crippen molar-refractivity contribution in [3.05, 3.63) is 26.6 Å². The molecule has 0 aromatic carbocycles. The number of alkyl halides is 5. The van der Waals surface area contributed by atoms with E-state index in [1.807, 2.05) is 0 Å². The molecule has 0 aliphatic heterocycles. The van der Waals surface area contributed by atoms with E-state index in [0.29, 0.717) is 6.07 Å². The van der Waals surface area contributed by atoms with Crippen molar-refractivity contribution >= 4 is 22.6 Å². The SMILES string of the molecule is N#CCc1cc(C(F)(F)F)c(I)nc1C(F)F. The number of pyridine rings is 1. The molecule has 0 bridgehead atoms. The van der Waals surface area contributed by atoms with Gasteiger partial charge >= 0.3 is 6.18 Å². The molecule has 2 nitrogen and oxygen atoms in total. The highest BCUT2D eigenvalue weighted by Crippen LogP contribution is 2.35. The first-order chi connectivity index (χ1) is 7.77. The summed E-state index contributed by atoms with van der Waals surface area (Å²) in [5.74, 6) is 0. The molecule has 92 valence electrons. The molecule has 1 aromatic heterocycles. The van der Waals surface area contributed by atoms with Crippen LogP contribution in [0.15, 0.2) is 6.07 Å². The Bertz CT molecular complexity index is 464. The molecule has 0 unspecified atom stereocenters. The van der Waals surface area contributed by atoms with Crippen LogP contribution in [0.2, 0.25) is 0 Å². The van der Waals surface area contributed by atoms with Crippen molar-refractivity contribution in [3.8, 4) is 6.07 Å². The fourth-order valence-electron chi connectivity index (χ4n) is 1.16. The lowest BCUT2D eigenvalue weighted by Gasteiger charge is -2.12. The number of hydrogen-bond donors (Lipinski definition) is 0. The number of nitrogens with zero attached hydrogens (tertiary/aromatic N) is 2. The topological polar surface area (TPSA) is 36.7 Å². The molecule has 0 aliphatic rings. The fourth-order valence-corrected chi connectivity index (χ4v) is 1.88. The quantitative estimate of drug-likeness (QED) is 0.457. The maximum absolute atomic E-state index is 12.5. The van der Waals surface area contributed by atoms with Crippen LogP contribution in [0.3, 0.4) is 0 Å². The Morgan fingerprint density at radius 2 is 2.00 bits per heavy atom. The Hall–Kier alpha value is -0.980. The maximum Gasteiger partial charge on any atom is 0.418 e. The zero-order valence-electron chi connectivity index (χ0n) is 8.02. The van der Waals surface area contributed by atoms with Gasteiger partial charge in [-0.1, -0.05) is 0 Å². The minimum absolute atomic E-state index is 0.393. The minimum Gasteiger partial charge on any atom is -0.240 e. The molecule has 0 amide bonds. The van der Waals surface area contributed by atoms with Crippen LogP contribution in [-0.2, 0) is 12.6 Å². The van der Waals surface area contributed by atoms with E-state index in [9.17, 15) is 22.0 Å². The summed E-state index contributed by atoms with van der Waals surface area (Å²) in [7, 11) is 0. The molecule has 0 fully saturated rings. The summed E-state index contributed by atoms with van der Waals surface area (Å²) in [6, 6.07) is 2.09. The van der Waals surface area contributed by atoms with Crippen LogP contribution >= 0.6 is 22.6 Å². The number of rotatable bonds is 2. The zero-order valence-corrected chi connectivity index (χ0v) is 10.2. The van der Waals surface area contributed by atoms with Gasteiger partial charge < -0.3 is 0 Å². The summed E-state index contributed by atoms with van der Waals surface area (Å²) in [6.07, 6.45) is -8.21. The average Bonchev–Trinajstić information content (AvgIpc) is 2.18. The molecule has 0 saturated carbocycles. The van der Waals surface area contributed by atoms with Gasteiger partial charge in [0, 0.05) is 0 Å². The molecule has 8 heteroatoms. The first-order valence-corrected chi connectivity index (χ1v) is 5.27. The van der Waals surface area contributed by atoms with Gasteiger partial charge in [-0.2, -0.15) is 18.4 Å². The molecule has 17 heavy (non-hydrogen) atoms. The van der Waals surface area contributed by atoms with Gasteiger partial charge in [0.2, 0.25) is 0 Å². The lowest BCUT2D eigenvalue weighted by Crippen LogP contribution is -2.12. The summed E-state index contributed by atoms with van der Waals surface area (Å²) >= 11 is 1.24. The number of aromatic nitrogens is 1. The largest absolute Gasteiger partial charge is 0.418 e. The van der Waals surface area contributed by atoms with E-state index in [1.165, 1.54) is 28.7 Å². The van der Waals surface area contributed by atoms with Gasteiger partial charge in [0.05, 0.1) is 18.1 Å². The van der Waals surface area contributed by atoms with Crippen molar-refractivity contribution in [1.29, 1.82) is 5.26 Å². The summed E-state index contributed by atoms with van der Waals surface area (Å²) in [5, 5.41) is 8.38. The summed E-state index contributed by atoms with van der Waals surface area (Å²) < 4.78 is 61.9. The van der Waals surface area contributed by atoms with Crippen molar-refractivity contribution < 1.29 is 22.0 Å². The van der Waals surface area contributed by atoms with E-state index >= 15 is 0 Å². The second-order valence-electron chi connectivity index (χ2n) is 3.00. The standard InChI is InChI=1S/C9H4F5IN2/c10-7(11)6-4(1-2-16)3-5(8(15)17-6)9(12,13)14/h3,7H,1H2. The molecule has 1 aromatic rings. The number of nitriles is 1. The highest BCUT2D eigenvalue weighted by atomic mass is 127. The lowest BCUT2D eigenvalue weighted by molar-refractivity contribution is -0.138. The van der Waals surface area contributed by atoms with E-state index in [0.717, 1.165) is 0 Å². The van der Waals surface area contributed by atoms with Crippen LogP contribution in [0.5, 0.6) is 0 Å². The first kappa shape index (κ1) is 14.1. The third-order valence-electron chi connectivity index (χ3n) is 1.87. The Balaban J connectivity index is 3.41. The van der Waals surface area contributed by atoms with E-state index < -0.39 is 39.5 Å². The predicted molar refractivity (Wildman–Crippen MR) is 56.2 cm³/mol. The minimum atomic E-state index is -4.67. The first-order valence-electron chi connectivity index (χ1n) is 4.19. The molecule has 0 N–H and O–H groups in total. The van der Waals surface area contributed by atoms with Gasteiger partial charge in [0.25, 0.3) is 6.43 Å². The number of halogens is 6. The maximum atomic E-state index is 12.5. The van der Waals surface area contributed by atoms with Crippen molar-refractivity contribution in [2.45, 2.75) is 19.0 Å². The molecule has 1 heterocycles. The zero-order chi connectivity index (χ0) is 13.2. The Labute approximate surface area is 107 Å². The third-order valence-corrected chi connectivity index (χ3v) is 2.69. The van der Waals surface area contributed by atoms with Gasteiger partial charge in [0.15, 0.2) is 0 Å². The van der Waals surface area contributed by atoms with Crippen molar-refractivity contribution in [2.24, 2.45) is 0 Å². The highest BCUT2D eigenvalue weighted by Gasteiger charge is 2.35. The summed E-state index contributed by atoms with van der Waals surface area (Å²) in [5.41, 5.74) is -2.27. The van der Waals surface area contributed by atoms with E-state index in [4.69, 9.17) is 5.26 Å². The third kappa shape index (κ3) is 3.24. The monoisotopic (exact) mass is 362 g/mol. The predicted octanol–water partition coefficient (Wildman–Crippen LogP) is 3.71. The van der Waals surface area contributed by atoms with Gasteiger partial charge in [-0.25, -0.2) is 13.8 Å². The molecular weight excluding hydrogens is 358 g/mol. The molecule has 0 atom stereocenters. The normalized spacial score (nSPS) is 11.6. The summed E-state index contributed by atoms with van der Waals surface area (Å²) in [4.78, 5) is 3.22. The van der Waals surface area contributed by atoms with Crippen molar-refractivity contribution in [1.82, 2.24) is 4.98 Å². The highest BCUT2D eigenvalue weighted by molar-refractivity contribution is 14.1. The van der Waals surface area contributed by atoms with Crippen molar-refractivity contribution in [2.75, 3.05) is 0 Å². The molecule has 0 saturated heterocycles.